The largest absolute Gasteiger partial charge is 0.311 e. The minimum atomic E-state index is 0.117. The summed E-state index contributed by atoms with van der Waals surface area (Å²) >= 11 is 3.31. The van der Waals surface area contributed by atoms with Crippen LogP contribution in [0.5, 0.6) is 0 Å². The van der Waals surface area contributed by atoms with Gasteiger partial charge in [-0.1, -0.05) is 55.1 Å². The van der Waals surface area contributed by atoms with Crippen LogP contribution in [0.25, 0.3) is 10.8 Å². The molecule has 132 valence electrons. The highest BCUT2D eigenvalue weighted by molar-refractivity contribution is 8.00. The number of thioether (sulfide) groups is 2. The normalized spacial score (nSPS) is 17.0. The molecule has 4 rings (SSSR count). The third-order valence-electron chi connectivity index (χ3n) is 4.41. The Morgan fingerprint density at radius 2 is 2.04 bits per heavy atom. The summed E-state index contributed by atoms with van der Waals surface area (Å²) in [5, 5.41) is 11.7. The molecular weight excluding hydrogens is 362 g/mol. The third kappa shape index (κ3) is 3.57. The highest BCUT2D eigenvalue weighted by Crippen LogP contribution is 2.37. The van der Waals surface area contributed by atoms with Crippen molar-refractivity contribution in [3.05, 3.63) is 54.7 Å². The van der Waals surface area contributed by atoms with Crippen molar-refractivity contribution in [1.82, 2.24) is 10.2 Å². The van der Waals surface area contributed by atoms with Crippen LogP contribution in [0, 0.1) is 0 Å². The first-order valence-corrected chi connectivity index (χ1v) is 10.5. The molecule has 0 radical (unpaired) electrons. The van der Waals surface area contributed by atoms with Crippen molar-refractivity contribution in [2.75, 3.05) is 17.2 Å². The highest BCUT2D eigenvalue weighted by Gasteiger charge is 2.24. The molecular formula is C20H19N3OS2. The second kappa shape index (κ2) is 7.68. The molecule has 0 fully saturated rings. The number of rotatable bonds is 3. The van der Waals surface area contributed by atoms with E-state index in [1.54, 1.807) is 6.20 Å². The van der Waals surface area contributed by atoms with Gasteiger partial charge in [0.2, 0.25) is 5.91 Å². The second-order valence-corrected chi connectivity index (χ2v) is 8.70. The number of fused-ring (bicyclic) bond motifs is 2. The van der Waals surface area contributed by atoms with Crippen LogP contribution in [0.1, 0.15) is 13.3 Å². The highest BCUT2D eigenvalue weighted by atomic mass is 32.2. The molecule has 0 N–H and O–H groups in total. The Balaban J connectivity index is 1.55. The van der Waals surface area contributed by atoms with Gasteiger partial charge in [-0.2, -0.15) is 5.10 Å². The molecule has 0 bridgehead atoms. The number of benzene rings is 2. The summed E-state index contributed by atoms with van der Waals surface area (Å²) in [4.78, 5) is 16.1. The molecule has 1 aliphatic heterocycles. The summed E-state index contributed by atoms with van der Waals surface area (Å²) in [7, 11) is 0. The summed E-state index contributed by atoms with van der Waals surface area (Å²) in [6.07, 6.45) is 2.74. The van der Waals surface area contributed by atoms with Crippen molar-refractivity contribution in [1.29, 1.82) is 0 Å². The minimum absolute atomic E-state index is 0.117. The van der Waals surface area contributed by atoms with E-state index in [2.05, 4.69) is 23.2 Å². The van der Waals surface area contributed by atoms with Crippen molar-refractivity contribution in [2.24, 2.45) is 0 Å². The van der Waals surface area contributed by atoms with E-state index in [1.807, 2.05) is 59.1 Å². The maximum absolute atomic E-state index is 13.0. The topological polar surface area (TPSA) is 46.1 Å². The SMILES string of the molecule is C[C@H]1CCN(C(=O)CSc2nncc3ccccc23)c2ccccc2S1. The van der Waals surface area contributed by atoms with Gasteiger partial charge in [0.15, 0.2) is 0 Å². The lowest BCUT2D eigenvalue weighted by Gasteiger charge is -2.22. The van der Waals surface area contributed by atoms with Crippen LogP contribution in [-0.2, 0) is 4.79 Å². The van der Waals surface area contributed by atoms with E-state index in [1.165, 1.54) is 16.7 Å². The fraction of sp³-hybridized carbons (Fsp3) is 0.250. The van der Waals surface area contributed by atoms with Gasteiger partial charge in [-0.05, 0) is 18.6 Å². The summed E-state index contributed by atoms with van der Waals surface area (Å²) in [5.74, 6) is 0.475. The average molecular weight is 382 g/mol. The Kier molecular flexibility index (Phi) is 5.13. The summed E-state index contributed by atoms with van der Waals surface area (Å²) < 4.78 is 0. The van der Waals surface area contributed by atoms with Gasteiger partial charge < -0.3 is 4.90 Å². The molecule has 2 heterocycles. The van der Waals surface area contributed by atoms with Crippen LogP contribution in [-0.4, -0.2) is 33.7 Å². The third-order valence-corrected chi connectivity index (χ3v) is 6.62. The zero-order valence-electron chi connectivity index (χ0n) is 14.5. The summed E-state index contributed by atoms with van der Waals surface area (Å²) in [5.41, 5.74) is 1.02. The van der Waals surface area contributed by atoms with Gasteiger partial charge in [-0.15, -0.1) is 16.9 Å². The van der Waals surface area contributed by atoms with Crippen LogP contribution in [0.2, 0.25) is 0 Å². The lowest BCUT2D eigenvalue weighted by molar-refractivity contribution is -0.116. The van der Waals surface area contributed by atoms with E-state index in [0.29, 0.717) is 11.0 Å². The molecule has 0 aliphatic carbocycles. The number of hydrogen-bond acceptors (Lipinski definition) is 5. The maximum Gasteiger partial charge on any atom is 0.237 e. The van der Waals surface area contributed by atoms with Crippen molar-refractivity contribution >= 4 is 45.9 Å². The lowest BCUT2D eigenvalue weighted by atomic mass is 10.2. The van der Waals surface area contributed by atoms with Crippen LogP contribution in [0.15, 0.2) is 64.6 Å². The van der Waals surface area contributed by atoms with Crippen molar-refractivity contribution in [3.63, 3.8) is 0 Å². The number of para-hydroxylation sites is 1. The molecule has 1 aliphatic rings. The van der Waals surface area contributed by atoms with Crippen LogP contribution < -0.4 is 4.90 Å². The number of amides is 1. The first-order chi connectivity index (χ1) is 12.7. The maximum atomic E-state index is 13.0. The molecule has 1 atom stereocenters. The standard InChI is InChI=1S/C20H19N3OS2/c1-14-10-11-23(17-8-4-5-9-18(17)26-14)19(24)13-25-20-16-7-3-2-6-15(16)12-21-22-20/h2-9,12,14H,10-11,13H2,1H3/t14-/m0/s1. The number of nitrogens with zero attached hydrogens (tertiary/aromatic N) is 3. The monoisotopic (exact) mass is 381 g/mol. The van der Waals surface area contributed by atoms with Crippen molar-refractivity contribution in [3.8, 4) is 0 Å². The van der Waals surface area contributed by atoms with Crippen LogP contribution in [0.4, 0.5) is 5.69 Å². The van der Waals surface area contributed by atoms with E-state index < -0.39 is 0 Å². The van der Waals surface area contributed by atoms with Crippen LogP contribution >= 0.6 is 23.5 Å². The van der Waals surface area contributed by atoms with Crippen molar-refractivity contribution < 1.29 is 4.79 Å². The minimum Gasteiger partial charge on any atom is -0.311 e. The number of anilines is 1. The quantitative estimate of drug-likeness (QED) is 0.619. The van der Waals surface area contributed by atoms with Gasteiger partial charge in [0.1, 0.15) is 5.03 Å². The van der Waals surface area contributed by atoms with Gasteiger partial charge >= 0.3 is 0 Å². The molecule has 1 amide bonds. The molecule has 1 aromatic heterocycles. The number of carbonyl (C=O) groups excluding carboxylic acids is 1. The zero-order chi connectivity index (χ0) is 17.9. The summed E-state index contributed by atoms with van der Waals surface area (Å²) in [6.45, 7) is 2.97. The van der Waals surface area contributed by atoms with E-state index in [0.717, 1.165) is 34.5 Å². The first kappa shape index (κ1) is 17.4. The second-order valence-electron chi connectivity index (χ2n) is 6.26. The Bertz CT molecular complexity index is 942. The number of carbonyl (C=O) groups is 1. The van der Waals surface area contributed by atoms with Gasteiger partial charge in [0.25, 0.3) is 0 Å². The molecule has 0 saturated heterocycles. The molecule has 0 spiro atoms. The molecule has 6 heteroatoms. The fourth-order valence-corrected chi connectivity index (χ4v) is 5.04. The van der Waals surface area contributed by atoms with Gasteiger partial charge in [-0.3, -0.25) is 4.79 Å². The molecule has 3 aromatic rings. The lowest BCUT2D eigenvalue weighted by Crippen LogP contribution is -2.33. The average Bonchev–Trinajstić information content (AvgIpc) is 2.84. The Morgan fingerprint density at radius 1 is 1.23 bits per heavy atom. The van der Waals surface area contributed by atoms with E-state index in [4.69, 9.17) is 0 Å². The Hall–Kier alpha value is -2.05. The first-order valence-electron chi connectivity index (χ1n) is 8.61. The van der Waals surface area contributed by atoms with Crippen molar-refractivity contribution in [2.45, 2.75) is 28.5 Å². The molecule has 26 heavy (non-hydrogen) atoms. The number of aromatic nitrogens is 2. The predicted molar refractivity (Wildman–Crippen MR) is 109 cm³/mol. The smallest absolute Gasteiger partial charge is 0.237 e. The summed E-state index contributed by atoms with van der Waals surface area (Å²) in [6, 6.07) is 16.2. The van der Waals surface area contributed by atoms with Gasteiger partial charge in [-0.25, -0.2) is 0 Å². The fourth-order valence-electron chi connectivity index (χ4n) is 3.06. The van der Waals surface area contributed by atoms with E-state index in [9.17, 15) is 4.79 Å². The van der Waals surface area contributed by atoms with Gasteiger partial charge in [0.05, 0.1) is 17.6 Å². The molecule has 0 unspecified atom stereocenters. The zero-order valence-corrected chi connectivity index (χ0v) is 16.1. The van der Waals surface area contributed by atoms with Crippen LogP contribution in [0.3, 0.4) is 0 Å². The Labute approximate surface area is 161 Å². The number of hydrogen-bond donors (Lipinski definition) is 0. The predicted octanol–water partition coefficient (Wildman–Crippen LogP) is 4.64. The Morgan fingerprint density at radius 3 is 2.96 bits per heavy atom. The van der Waals surface area contributed by atoms with E-state index in [-0.39, 0.29) is 5.91 Å². The molecule has 0 saturated carbocycles. The molecule has 4 nitrogen and oxygen atoms in total. The van der Waals surface area contributed by atoms with E-state index >= 15 is 0 Å². The van der Waals surface area contributed by atoms with Gasteiger partial charge in [0, 0.05) is 27.5 Å². The molecule has 2 aromatic carbocycles.